The minimum atomic E-state index is -0.373. The first-order valence-corrected chi connectivity index (χ1v) is 9.68. The lowest BCUT2D eigenvalue weighted by Crippen LogP contribution is -2.47. The van der Waals surface area contributed by atoms with Crippen LogP contribution in [0.3, 0.4) is 0 Å². The Labute approximate surface area is 170 Å². The fourth-order valence-electron chi connectivity index (χ4n) is 3.41. The van der Waals surface area contributed by atoms with E-state index in [0.29, 0.717) is 48.7 Å². The van der Waals surface area contributed by atoms with Crippen LogP contribution < -0.4 is 15.0 Å². The second-order valence-electron chi connectivity index (χ2n) is 7.05. The number of benzene rings is 2. The Hall–Kier alpha value is -2.93. The van der Waals surface area contributed by atoms with E-state index in [9.17, 15) is 14.0 Å². The zero-order valence-corrected chi connectivity index (χ0v) is 16.8. The average Bonchev–Trinajstić information content (AvgIpc) is 2.73. The molecule has 0 aromatic heterocycles. The molecular formula is C22H26FN3O3. The fourth-order valence-corrected chi connectivity index (χ4v) is 3.41. The summed E-state index contributed by atoms with van der Waals surface area (Å²) in [6.45, 7) is 4.90. The molecule has 2 aromatic carbocycles. The number of rotatable bonds is 7. The summed E-state index contributed by atoms with van der Waals surface area (Å²) in [5.41, 5.74) is 1.56. The lowest BCUT2D eigenvalue weighted by molar-refractivity contribution is -0.116. The number of carbonyl (C=O) groups is 2. The molecule has 1 heterocycles. The second-order valence-corrected chi connectivity index (χ2v) is 7.05. The molecule has 1 aliphatic heterocycles. The van der Waals surface area contributed by atoms with E-state index in [1.54, 1.807) is 31.4 Å². The van der Waals surface area contributed by atoms with Crippen molar-refractivity contribution in [3.8, 4) is 5.75 Å². The third-order valence-corrected chi connectivity index (χ3v) is 5.10. The van der Waals surface area contributed by atoms with Gasteiger partial charge in [-0.2, -0.15) is 0 Å². The molecule has 0 bridgehead atoms. The van der Waals surface area contributed by atoms with Crippen LogP contribution >= 0.6 is 0 Å². The topological polar surface area (TPSA) is 61.9 Å². The van der Waals surface area contributed by atoms with E-state index in [2.05, 4.69) is 10.2 Å². The number of piperazine rings is 1. The number of anilines is 2. The van der Waals surface area contributed by atoms with Crippen LogP contribution in [0.15, 0.2) is 42.5 Å². The zero-order chi connectivity index (χ0) is 20.8. The summed E-state index contributed by atoms with van der Waals surface area (Å²) in [7, 11) is 1.57. The van der Waals surface area contributed by atoms with E-state index in [0.717, 1.165) is 13.1 Å². The molecule has 29 heavy (non-hydrogen) atoms. The molecule has 1 aliphatic rings. The van der Waals surface area contributed by atoms with Crippen molar-refractivity contribution < 1.29 is 18.7 Å². The van der Waals surface area contributed by atoms with E-state index >= 15 is 0 Å². The number of methoxy groups -OCH3 is 1. The lowest BCUT2D eigenvalue weighted by Gasteiger charge is -2.36. The Morgan fingerprint density at radius 1 is 1.10 bits per heavy atom. The van der Waals surface area contributed by atoms with Crippen LogP contribution in [0.1, 0.15) is 23.7 Å². The minimum absolute atomic E-state index is 0.0669. The van der Waals surface area contributed by atoms with E-state index in [4.69, 9.17) is 4.74 Å². The molecule has 0 radical (unpaired) electrons. The maximum atomic E-state index is 14.3. The third-order valence-electron chi connectivity index (χ3n) is 5.10. The Bertz CT molecular complexity index is 879. The Morgan fingerprint density at radius 3 is 2.48 bits per heavy atom. The highest BCUT2D eigenvalue weighted by Gasteiger charge is 2.20. The summed E-state index contributed by atoms with van der Waals surface area (Å²) in [4.78, 5) is 27.8. The quantitative estimate of drug-likeness (QED) is 0.725. The van der Waals surface area contributed by atoms with Gasteiger partial charge in [-0.05, 0) is 37.3 Å². The van der Waals surface area contributed by atoms with Crippen molar-refractivity contribution in [2.75, 3.05) is 50.1 Å². The molecule has 0 unspecified atom stereocenters. The molecule has 1 fully saturated rings. The van der Waals surface area contributed by atoms with Gasteiger partial charge >= 0.3 is 0 Å². The molecule has 0 aliphatic carbocycles. The van der Waals surface area contributed by atoms with Crippen molar-refractivity contribution in [3.05, 3.63) is 53.8 Å². The Morgan fingerprint density at radius 2 is 1.83 bits per heavy atom. The number of hydrogen-bond acceptors (Lipinski definition) is 5. The highest BCUT2D eigenvalue weighted by Crippen LogP contribution is 2.24. The standard InChI is InChI=1S/C22H26FN3O3/c1-16(27)17-7-8-20(18(23)15-17)26-13-11-25(12-14-26)10-9-22(28)24-19-5-3-4-6-21(19)29-2/h3-8,15H,9-14H2,1-2H3,(H,24,28). The first kappa shape index (κ1) is 20.8. The molecule has 6 nitrogen and oxygen atoms in total. The van der Waals surface area contributed by atoms with E-state index in [1.807, 2.05) is 17.0 Å². The first-order valence-electron chi connectivity index (χ1n) is 9.68. The average molecular weight is 399 g/mol. The number of nitrogens with zero attached hydrogens (tertiary/aromatic N) is 2. The molecule has 1 saturated heterocycles. The number of ether oxygens (including phenoxy) is 1. The predicted molar refractivity (Wildman–Crippen MR) is 111 cm³/mol. The summed E-state index contributed by atoms with van der Waals surface area (Å²) in [6, 6.07) is 11.9. The van der Waals surface area contributed by atoms with Crippen LogP contribution in [-0.2, 0) is 4.79 Å². The SMILES string of the molecule is COc1ccccc1NC(=O)CCN1CCN(c2ccc(C(C)=O)cc2F)CC1. The number of halogens is 1. The zero-order valence-electron chi connectivity index (χ0n) is 16.8. The smallest absolute Gasteiger partial charge is 0.225 e. The lowest BCUT2D eigenvalue weighted by atomic mass is 10.1. The molecule has 0 atom stereocenters. The molecule has 2 aromatic rings. The van der Waals surface area contributed by atoms with Gasteiger partial charge in [-0.3, -0.25) is 14.5 Å². The Balaban J connectivity index is 1.47. The maximum Gasteiger partial charge on any atom is 0.225 e. The predicted octanol–water partition coefficient (Wildman–Crippen LogP) is 3.19. The molecule has 154 valence electrons. The normalized spacial score (nSPS) is 14.5. The summed E-state index contributed by atoms with van der Waals surface area (Å²) >= 11 is 0. The van der Waals surface area contributed by atoms with Gasteiger partial charge in [0, 0.05) is 44.7 Å². The molecule has 7 heteroatoms. The number of para-hydroxylation sites is 2. The summed E-state index contributed by atoms with van der Waals surface area (Å²) in [5, 5.41) is 2.88. The van der Waals surface area contributed by atoms with Crippen LogP contribution in [-0.4, -0.2) is 56.4 Å². The van der Waals surface area contributed by atoms with Gasteiger partial charge in [-0.25, -0.2) is 4.39 Å². The number of carbonyl (C=O) groups excluding carboxylic acids is 2. The second kappa shape index (κ2) is 9.52. The van der Waals surface area contributed by atoms with E-state index < -0.39 is 0 Å². The number of nitrogens with one attached hydrogen (secondary N) is 1. The Kier molecular flexibility index (Phi) is 6.82. The maximum absolute atomic E-state index is 14.3. The van der Waals surface area contributed by atoms with Crippen molar-refractivity contribution in [2.24, 2.45) is 0 Å². The van der Waals surface area contributed by atoms with Gasteiger partial charge in [0.25, 0.3) is 0 Å². The van der Waals surface area contributed by atoms with Crippen molar-refractivity contribution in [1.82, 2.24) is 4.90 Å². The van der Waals surface area contributed by atoms with Crippen LogP contribution in [0.25, 0.3) is 0 Å². The number of amides is 1. The molecule has 0 spiro atoms. The highest BCUT2D eigenvalue weighted by molar-refractivity contribution is 5.94. The summed E-state index contributed by atoms with van der Waals surface area (Å²) in [5.74, 6) is 0.0454. The molecule has 0 saturated carbocycles. The third kappa shape index (κ3) is 5.32. The first-order chi connectivity index (χ1) is 14.0. The van der Waals surface area contributed by atoms with Gasteiger partial charge < -0.3 is 15.0 Å². The monoisotopic (exact) mass is 399 g/mol. The van der Waals surface area contributed by atoms with Crippen LogP contribution in [0, 0.1) is 5.82 Å². The number of Topliss-reactive ketones (excluding diaryl/α,β-unsaturated/α-hetero) is 1. The van der Waals surface area contributed by atoms with Gasteiger partial charge in [0.05, 0.1) is 18.5 Å². The van der Waals surface area contributed by atoms with Gasteiger partial charge in [0.2, 0.25) is 5.91 Å². The number of ketones is 1. The van der Waals surface area contributed by atoms with Crippen LogP contribution in [0.2, 0.25) is 0 Å². The summed E-state index contributed by atoms with van der Waals surface area (Å²) in [6.07, 6.45) is 0.375. The van der Waals surface area contributed by atoms with E-state index in [-0.39, 0.29) is 17.5 Å². The van der Waals surface area contributed by atoms with Gasteiger partial charge in [0.15, 0.2) is 5.78 Å². The van der Waals surface area contributed by atoms with Gasteiger partial charge in [-0.15, -0.1) is 0 Å². The van der Waals surface area contributed by atoms with Crippen molar-refractivity contribution in [3.63, 3.8) is 0 Å². The largest absolute Gasteiger partial charge is 0.495 e. The van der Waals surface area contributed by atoms with Gasteiger partial charge in [0.1, 0.15) is 11.6 Å². The molecule has 1 N–H and O–H groups in total. The van der Waals surface area contributed by atoms with Gasteiger partial charge in [-0.1, -0.05) is 12.1 Å². The fraction of sp³-hybridized carbons (Fsp3) is 0.364. The van der Waals surface area contributed by atoms with Crippen molar-refractivity contribution in [1.29, 1.82) is 0 Å². The molecule has 3 rings (SSSR count). The van der Waals surface area contributed by atoms with Crippen molar-refractivity contribution >= 4 is 23.1 Å². The molecular weight excluding hydrogens is 373 g/mol. The summed E-state index contributed by atoms with van der Waals surface area (Å²) < 4.78 is 19.6. The van der Waals surface area contributed by atoms with Crippen LogP contribution in [0.5, 0.6) is 5.75 Å². The van der Waals surface area contributed by atoms with Crippen LogP contribution in [0.4, 0.5) is 15.8 Å². The number of hydrogen-bond donors (Lipinski definition) is 1. The molecule has 1 amide bonds. The van der Waals surface area contributed by atoms with Crippen molar-refractivity contribution in [2.45, 2.75) is 13.3 Å². The highest BCUT2D eigenvalue weighted by atomic mass is 19.1. The minimum Gasteiger partial charge on any atom is -0.495 e. The van der Waals surface area contributed by atoms with E-state index in [1.165, 1.54) is 13.0 Å².